The third kappa shape index (κ3) is 3.71. The van der Waals surface area contributed by atoms with E-state index in [-0.39, 0.29) is 6.04 Å². The first-order valence-corrected chi connectivity index (χ1v) is 7.90. The highest BCUT2D eigenvalue weighted by Gasteiger charge is 2.16. The minimum Gasteiger partial charge on any atom is -0.271 e. The van der Waals surface area contributed by atoms with Crippen LogP contribution < -0.4 is 11.3 Å². The molecule has 1 aromatic carbocycles. The van der Waals surface area contributed by atoms with Gasteiger partial charge >= 0.3 is 0 Å². The molecule has 0 bridgehead atoms. The van der Waals surface area contributed by atoms with Crippen molar-refractivity contribution in [1.29, 1.82) is 0 Å². The lowest BCUT2D eigenvalue weighted by atomic mass is 10.0. The van der Waals surface area contributed by atoms with Crippen LogP contribution in [0.15, 0.2) is 18.2 Å². The number of rotatable bonds is 5. The van der Waals surface area contributed by atoms with E-state index in [1.54, 1.807) is 11.3 Å². The Kier molecular flexibility index (Phi) is 5.41. The number of hydrogen-bond acceptors (Lipinski definition) is 4. The predicted molar refractivity (Wildman–Crippen MR) is 86.6 cm³/mol. The van der Waals surface area contributed by atoms with Gasteiger partial charge in [0.2, 0.25) is 0 Å². The average molecular weight is 330 g/mol. The molecule has 1 unspecified atom stereocenters. The molecule has 2 rings (SSSR count). The second kappa shape index (κ2) is 6.87. The van der Waals surface area contributed by atoms with Crippen LogP contribution in [-0.2, 0) is 12.8 Å². The second-order valence-electron chi connectivity index (χ2n) is 4.72. The molecule has 2 aromatic rings. The van der Waals surface area contributed by atoms with Gasteiger partial charge in [-0.3, -0.25) is 11.3 Å². The van der Waals surface area contributed by atoms with E-state index in [0.29, 0.717) is 16.5 Å². The van der Waals surface area contributed by atoms with E-state index in [1.165, 1.54) is 4.88 Å². The summed E-state index contributed by atoms with van der Waals surface area (Å²) in [5.41, 5.74) is 4.83. The van der Waals surface area contributed by atoms with E-state index >= 15 is 0 Å². The van der Waals surface area contributed by atoms with Gasteiger partial charge in [-0.2, -0.15) is 0 Å². The Labute approximate surface area is 133 Å². The summed E-state index contributed by atoms with van der Waals surface area (Å²) in [4.78, 5) is 5.78. The predicted octanol–water partition coefficient (Wildman–Crippen LogP) is 3.68. The van der Waals surface area contributed by atoms with Gasteiger partial charge in [-0.25, -0.2) is 4.98 Å². The van der Waals surface area contributed by atoms with E-state index in [9.17, 15) is 0 Å². The fraction of sp³-hybridized carbons (Fsp3) is 0.357. The number of aromatic nitrogens is 1. The third-order valence-corrected chi connectivity index (χ3v) is 5.05. The normalized spacial score (nSPS) is 12.7. The Morgan fingerprint density at radius 1 is 1.25 bits per heavy atom. The van der Waals surface area contributed by atoms with E-state index < -0.39 is 0 Å². The zero-order valence-corrected chi connectivity index (χ0v) is 13.7. The van der Waals surface area contributed by atoms with Gasteiger partial charge < -0.3 is 0 Å². The molecule has 1 heterocycles. The average Bonchev–Trinajstić information content (AvgIpc) is 2.71. The molecule has 108 valence electrons. The Bertz CT molecular complexity index is 558. The highest BCUT2D eigenvalue weighted by Crippen LogP contribution is 2.26. The molecule has 3 nitrogen and oxygen atoms in total. The van der Waals surface area contributed by atoms with Crippen LogP contribution in [0.3, 0.4) is 0 Å². The summed E-state index contributed by atoms with van der Waals surface area (Å²) in [6.07, 6.45) is 1.43. The monoisotopic (exact) mass is 329 g/mol. The summed E-state index contributed by atoms with van der Waals surface area (Å²) < 4.78 is 0. The van der Waals surface area contributed by atoms with Gasteiger partial charge in [0.25, 0.3) is 0 Å². The van der Waals surface area contributed by atoms with Crippen LogP contribution in [0.4, 0.5) is 0 Å². The van der Waals surface area contributed by atoms with Crippen LogP contribution in [0.1, 0.15) is 21.1 Å². The maximum Gasteiger partial charge on any atom is 0.0947 e. The molecule has 20 heavy (non-hydrogen) atoms. The number of hydrogen-bond donors (Lipinski definition) is 2. The number of aryl methyl sites for hydroxylation is 2. The molecule has 0 aliphatic carbocycles. The number of thiazole rings is 1. The first-order valence-electron chi connectivity index (χ1n) is 6.33. The highest BCUT2D eigenvalue weighted by molar-refractivity contribution is 7.11. The summed E-state index contributed by atoms with van der Waals surface area (Å²) >= 11 is 14.1. The lowest BCUT2D eigenvalue weighted by Gasteiger charge is -2.16. The van der Waals surface area contributed by atoms with Crippen molar-refractivity contribution in [3.05, 3.63) is 49.4 Å². The van der Waals surface area contributed by atoms with Crippen molar-refractivity contribution in [2.45, 2.75) is 32.7 Å². The first kappa shape index (κ1) is 15.7. The maximum atomic E-state index is 6.20. The van der Waals surface area contributed by atoms with E-state index in [4.69, 9.17) is 29.0 Å². The smallest absolute Gasteiger partial charge is 0.0947 e. The van der Waals surface area contributed by atoms with E-state index in [2.05, 4.69) is 17.3 Å². The zero-order chi connectivity index (χ0) is 14.7. The lowest BCUT2D eigenvalue weighted by Crippen LogP contribution is -2.38. The Morgan fingerprint density at radius 3 is 2.40 bits per heavy atom. The van der Waals surface area contributed by atoms with Crippen molar-refractivity contribution < 1.29 is 0 Å². The van der Waals surface area contributed by atoms with Crippen LogP contribution in [0.25, 0.3) is 0 Å². The molecule has 3 N–H and O–H groups in total. The van der Waals surface area contributed by atoms with Gasteiger partial charge in [-0.05, 0) is 38.0 Å². The third-order valence-electron chi connectivity index (χ3n) is 3.24. The Hall–Kier alpha value is -0.650. The van der Waals surface area contributed by atoms with Crippen LogP contribution in [0.2, 0.25) is 10.0 Å². The maximum absolute atomic E-state index is 6.20. The Morgan fingerprint density at radius 2 is 1.90 bits per heavy atom. The molecule has 0 aliphatic heterocycles. The van der Waals surface area contributed by atoms with Gasteiger partial charge in [0.05, 0.1) is 10.7 Å². The van der Waals surface area contributed by atoms with Gasteiger partial charge in [0.15, 0.2) is 0 Å². The molecule has 0 fully saturated rings. The summed E-state index contributed by atoms with van der Waals surface area (Å²) in [6.45, 7) is 4.09. The zero-order valence-electron chi connectivity index (χ0n) is 11.4. The standard InChI is InChI=1S/C14H17Cl2N3S/c1-8-9(2)20-14(18-8)7-10(19-17)6-11-12(15)4-3-5-13(11)16/h3-5,10,19H,6-7,17H2,1-2H3. The lowest BCUT2D eigenvalue weighted by molar-refractivity contribution is 0.521. The molecule has 0 saturated heterocycles. The van der Waals surface area contributed by atoms with Crippen molar-refractivity contribution >= 4 is 34.5 Å². The first-order chi connectivity index (χ1) is 9.51. The molecule has 0 aliphatic rings. The molecule has 1 aromatic heterocycles. The number of hydrazine groups is 1. The van der Waals surface area contributed by atoms with Crippen molar-refractivity contribution in [3.63, 3.8) is 0 Å². The largest absolute Gasteiger partial charge is 0.271 e. The molecular weight excluding hydrogens is 313 g/mol. The second-order valence-corrected chi connectivity index (χ2v) is 6.82. The SMILES string of the molecule is Cc1nc(CC(Cc2c(Cl)cccc2Cl)NN)sc1C. The number of nitrogens with zero attached hydrogens (tertiary/aromatic N) is 1. The van der Waals surface area contributed by atoms with Crippen LogP contribution >= 0.6 is 34.5 Å². The topological polar surface area (TPSA) is 50.9 Å². The molecular formula is C14H17Cl2N3S. The van der Waals surface area contributed by atoms with Crippen molar-refractivity contribution in [1.82, 2.24) is 10.4 Å². The van der Waals surface area contributed by atoms with Gasteiger partial charge in [-0.15, -0.1) is 11.3 Å². The fourth-order valence-corrected chi connectivity index (χ4v) is 3.57. The van der Waals surface area contributed by atoms with Gasteiger partial charge in [-0.1, -0.05) is 29.3 Å². The summed E-state index contributed by atoms with van der Waals surface area (Å²) in [6, 6.07) is 5.58. The molecule has 0 spiro atoms. The molecule has 0 amide bonds. The number of nitrogens with two attached hydrogens (primary N) is 1. The van der Waals surface area contributed by atoms with Gasteiger partial charge in [0, 0.05) is 27.4 Å². The van der Waals surface area contributed by atoms with Crippen LogP contribution in [-0.4, -0.2) is 11.0 Å². The molecule has 0 radical (unpaired) electrons. The Balaban J connectivity index is 2.13. The van der Waals surface area contributed by atoms with Crippen molar-refractivity contribution in [2.24, 2.45) is 5.84 Å². The quantitative estimate of drug-likeness (QED) is 0.649. The van der Waals surface area contributed by atoms with E-state index in [0.717, 1.165) is 22.7 Å². The highest BCUT2D eigenvalue weighted by atomic mass is 35.5. The number of nitrogens with one attached hydrogen (secondary N) is 1. The fourth-order valence-electron chi connectivity index (χ4n) is 2.00. The van der Waals surface area contributed by atoms with Crippen LogP contribution in [0, 0.1) is 13.8 Å². The van der Waals surface area contributed by atoms with Crippen molar-refractivity contribution in [2.75, 3.05) is 0 Å². The summed E-state index contributed by atoms with van der Waals surface area (Å²) in [7, 11) is 0. The molecule has 0 saturated carbocycles. The number of halogens is 2. The van der Waals surface area contributed by atoms with E-state index in [1.807, 2.05) is 25.1 Å². The summed E-state index contributed by atoms with van der Waals surface area (Å²) in [5, 5.41) is 2.42. The van der Waals surface area contributed by atoms with Gasteiger partial charge in [0.1, 0.15) is 0 Å². The number of benzene rings is 1. The minimum absolute atomic E-state index is 0.0531. The molecule has 6 heteroatoms. The van der Waals surface area contributed by atoms with Crippen LogP contribution in [0.5, 0.6) is 0 Å². The minimum atomic E-state index is 0.0531. The van der Waals surface area contributed by atoms with Crippen molar-refractivity contribution in [3.8, 4) is 0 Å². The molecule has 1 atom stereocenters. The summed E-state index contributed by atoms with van der Waals surface area (Å²) in [5.74, 6) is 5.65.